The van der Waals surface area contributed by atoms with Crippen LogP contribution in [0, 0.1) is 0 Å². The van der Waals surface area contributed by atoms with Crippen molar-refractivity contribution >= 4 is 12.4 Å². The highest BCUT2D eigenvalue weighted by atomic mass is 35.5. The minimum Gasteiger partial charge on any atom is -0.497 e. The summed E-state index contributed by atoms with van der Waals surface area (Å²) >= 11 is 0. The summed E-state index contributed by atoms with van der Waals surface area (Å²) in [7, 11) is 3.08. The van der Waals surface area contributed by atoms with Crippen LogP contribution in [0.15, 0.2) is 48.5 Å². The number of hydrogen-bond donors (Lipinski definition) is 0. The number of hydrogen-bond acceptors (Lipinski definition) is 5. The second-order valence-corrected chi connectivity index (χ2v) is 10.9. The fraction of sp³-hybridized carbons (Fsp3) is 0.600. The third kappa shape index (κ3) is 9.39. The molecule has 12 heteroatoms. The number of nitrogens with zero attached hydrogens (tertiary/aromatic N) is 2. The molecule has 0 amide bonds. The van der Waals surface area contributed by atoms with E-state index in [1.807, 2.05) is 36.4 Å². The van der Waals surface area contributed by atoms with Gasteiger partial charge in [-0.25, -0.2) is 0 Å². The zero-order valence-corrected chi connectivity index (χ0v) is 24.6. The van der Waals surface area contributed by atoms with Crippen molar-refractivity contribution in [2.75, 3.05) is 53.5 Å². The Labute approximate surface area is 249 Å². The summed E-state index contributed by atoms with van der Waals surface area (Å²) < 4.78 is 100. The van der Waals surface area contributed by atoms with Crippen LogP contribution in [0.1, 0.15) is 48.6 Å². The molecule has 2 aliphatic rings. The molecule has 4 unspecified atom stereocenters. The van der Waals surface area contributed by atoms with Crippen molar-refractivity contribution in [3.05, 3.63) is 59.7 Å². The van der Waals surface area contributed by atoms with Gasteiger partial charge in [-0.1, -0.05) is 24.3 Å². The Hall–Kier alpha value is -2.21. The van der Waals surface area contributed by atoms with Crippen molar-refractivity contribution in [3.63, 3.8) is 0 Å². The third-order valence-electron chi connectivity index (χ3n) is 8.05. The first-order chi connectivity index (χ1) is 19.5. The number of likely N-dealkylation sites (tertiary alicyclic amines) is 2. The molecular formula is C30H39ClF6N2O3. The second kappa shape index (κ2) is 15.0. The Morgan fingerprint density at radius 2 is 1.12 bits per heavy atom. The number of methoxy groups -OCH3 is 2. The molecule has 42 heavy (non-hydrogen) atoms. The van der Waals surface area contributed by atoms with Gasteiger partial charge < -0.3 is 14.2 Å². The van der Waals surface area contributed by atoms with Crippen molar-refractivity contribution in [1.82, 2.24) is 9.80 Å². The zero-order valence-electron chi connectivity index (χ0n) is 23.8. The normalized spacial score (nSPS) is 22.2. The second-order valence-electron chi connectivity index (χ2n) is 10.9. The molecule has 2 aromatic carbocycles. The van der Waals surface area contributed by atoms with E-state index in [0.29, 0.717) is 50.5 Å². The van der Waals surface area contributed by atoms with Gasteiger partial charge in [0.2, 0.25) is 0 Å². The molecule has 0 aromatic heterocycles. The van der Waals surface area contributed by atoms with E-state index >= 15 is 0 Å². The minimum atomic E-state index is -4.95. The molecule has 0 radical (unpaired) electrons. The van der Waals surface area contributed by atoms with Crippen LogP contribution in [0.4, 0.5) is 26.3 Å². The number of rotatable bonds is 10. The van der Waals surface area contributed by atoms with Crippen molar-refractivity contribution in [2.24, 2.45) is 0 Å². The fourth-order valence-corrected chi connectivity index (χ4v) is 5.89. The van der Waals surface area contributed by atoms with Crippen LogP contribution in [0.3, 0.4) is 0 Å². The largest absolute Gasteiger partial charge is 0.497 e. The average Bonchev–Trinajstić information content (AvgIpc) is 2.95. The summed E-state index contributed by atoms with van der Waals surface area (Å²) in [6.45, 7) is 0.0249. The first-order valence-corrected chi connectivity index (χ1v) is 14.0. The molecule has 0 aliphatic carbocycles. The lowest BCUT2D eigenvalue weighted by Gasteiger charge is -2.39. The summed E-state index contributed by atoms with van der Waals surface area (Å²) in [5.74, 6) is 1.20. The molecule has 0 saturated carbocycles. The van der Waals surface area contributed by atoms with Crippen LogP contribution in [0.25, 0.3) is 0 Å². The van der Waals surface area contributed by atoms with Gasteiger partial charge in [-0.2, -0.15) is 26.3 Å². The van der Waals surface area contributed by atoms with E-state index in [1.54, 1.807) is 21.9 Å². The predicted octanol–water partition coefficient (Wildman–Crippen LogP) is 7.06. The molecule has 0 N–H and O–H groups in total. The van der Waals surface area contributed by atoms with E-state index in [-0.39, 0.29) is 24.2 Å². The van der Waals surface area contributed by atoms with Crippen molar-refractivity contribution < 1.29 is 40.6 Å². The van der Waals surface area contributed by atoms with E-state index in [9.17, 15) is 26.3 Å². The lowest BCUT2D eigenvalue weighted by Crippen LogP contribution is -2.52. The maximum Gasteiger partial charge on any atom is 0.415 e. The standard InChI is InChI=1S/C30H38F6N2O3.ClH/c1-39-25-11-3-7-21(15-25)23-9-5-13-37(17-23)19-27(29(31,32)33)41-28(30(34,35)36)20-38-14-6-10-24(18-38)22-8-4-12-26(16-22)40-2;/h3-4,7-8,11-12,15-16,23-24,27-28H,5-6,9-10,13-14,17-20H2,1-2H3;1H. The van der Waals surface area contributed by atoms with Gasteiger partial charge in [0.1, 0.15) is 11.5 Å². The molecule has 2 saturated heterocycles. The Balaban J connectivity index is 0.00000484. The first kappa shape index (κ1) is 34.3. The minimum absolute atomic E-state index is 0. The lowest BCUT2D eigenvalue weighted by atomic mass is 9.90. The molecular weight excluding hydrogens is 586 g/mol. The van der Waals surface area contributed by atoms with Crippen LogP contribution >= 0.6 is 12.4 Å². The van der Waals surface area contributed by atoms with Gasteiger partial charge in [0, 0.05) is 26.2 Å². The summed E-state index contributed by atoms with van der Waals surface area (Å²) in [5, 5.41) is 0. The SMILES string of the molecule is COc1cccc(C2CCCN(CC(OC(CN3CCCC(c4cccc(OC)c4)C3)C(F)(F)F)C(F)(F)F)C2)c1.Cl. The van der Waals surface area contributed by atoms with Gasteiger partial charge in [-0.15, -0.1) is 12.4 Å². The molecule has 2 aliphatic heterocycles. The summed E-state index contributed by atoms with van der Waals surface area (Å²) in [4.78, 5) is 3.14. The summed E-state index contributed by atoms with van der Waals surface area (Å²) in [5.41, 5.74) is 1.87. The zero-order chi connectivity index (χ0) is 29.6. The molecule has 236 valence electrons. The van der Waals surface area contributed by atoms with Gasteiger partial charge in [0.15, 0.2) is 12.2 Å². The highest BCUT2D eigenvalue weighted by molar-refractivity contribution is 5.85. The van der Waals surface area contributed by atoms with Gasteiger partial charge in [-0.05, 0) is 86.0 Å². The lowest BCUT2D eigenvalue weighted by molar-refractivity contribution is -0.290. The van der Waals surface area contributed by atoms with Gasteiger partial charge in [0.25, 0.3) is 0 Å². The van der Waals surface area contributed by atoms with Crippen LogP contribution in [0.5, 0.6) is 11.5 Å². The van der Waals surface area contributed by atoms with Crippen LogP contribution in [-0.4, -0.2) is 87.8 Å². The molecule has 0 bridgehead atoms. The van der Waals surface area contributed by atoms with Crippen LogP contribution in [0.2, 0.25) is 0 Å². The van der Waals surface area contributed by atoms with E-state index in [2.05, 4.69) is 0 Å². The van der Waals surface area contributed by atoms with Crippen LogP contribution < -0.4 is 9.47 Å². The van der Waals surface area contributed by atoms with E-state index in [1.165, 1.54) is 14.2 Å². The van der Waals surface area contributed by atoms with Crippen molar-refractivity contribution in [1.29, 1.82) is 0 Å². The van der Waals surface area contributed by atoms with Gasteiger partial charge in [0.05, 0.1) is 14.2 Å². The maximum absolute atomic E-state index is 14.1. The Bertz CT molecular complexity index is 1030. The molecule has 4 rings (SSSR count). The van der Waals surface area contributed by atoms with Crippen molar-refractivity contribution in [3.8, 4) is 11.5 Å². The smallest absolute Gasteiger partial charge is 0.415 e. The number of benzene rings is 2. The molecule has 2 fully saturated rings. The number of halogens is 7. The van der Waals surface area contributed by atoms with Crippen molar-refractivity contribution in [2.45, 2.75) is 62.1 Å². The quantitative estimate of drug-likeness (QED) is 0.264. The highest BCUT2D eigenvalue weighted by Gasteiger charge is 2.50. The third-order valence-corrected chi connectivity index (χ3v) is 8.05. The van der Waals surface area contributed by atoms with E-state index in [0.717, 1.165) is 24.0 Å². The van der Waals surface area contributed by atoms with E-state index in [4.69, 9.17) is 14.2 Å². The molecule has 4 atom stereocenters. The topological polar surface area (TPSA) is 34.2 Å². The van der Waals surface area contributed by atoms with Crippen LogP contribution in [-0.2, 0) is 4.74 Å². The molecule has 2 heterocycles. The summed E-state index contributed by atoms with van der Waals surface area (Å²) in [6, 6.07) is 14.7. The molecule has 0 spiro atoms. The van der Waals surface area contributed by atoms with Gasteiger partial charge >= 0.3 is 12.4 Å². The highest BCUT2D eigenvalue weighted by Crippen LogP contribution is 2.35. The average molecular weight is 625 g/mol. The first-order valence-electron chi connectivity index (χ1n) is 14.0. The maximum atomic E-state index is 14.1. The Kier molecular flexibility index (Phi) is 12.2. The number of ether oxygens (including phenoxy) is 3. The van der Waals surface area contributed by atoms with E-state index < -0.39 is 37.7 Å². The van der Waals surface area contributed by atoms with Gasteiger partial charge in [-0.3, -0.25) is 9.80 Å². The number of alkyl halides is 6. The molecule has 2 aromatic rings. The fourth-order valence-electron chi connectivity index (χ4n) is 5.89. The number of piperidine rings is 2. The molecule has 5 nitrogen and oxygen atoms in total. The predicted molar refractivity (Wildman–Crippen MR) is 151 cm³/mol. The monoisotopic (exact) mass is 624 g/mol. The summed E-state index contributed by atoms with van der Waals surface area (Å²) in [6.07, 6.45) is -12.2. The Morgan fingerprint density at radius 1 is 0.714 bits per heavy atom. The Morgan fingerprint density at radius 3 is 1.48 bits per heavy atom.